The molecule has 2 aromatic rings. The van der Waals surface area contributed by atoms with E-state index in [0.717, 1.165) is 56.2 Å². The zero-order valence-electron chi connectivity index (χ0n) is 17.1. The number of piperidine rings is 1. The molecule has 3 rings (SSSR count). The maximum Gasteiger partial charge on any atom is 0.339 e. The average molecular weight is 387 g/mol. The molecule has 0 atom stereocenters. The maximum absolute atomic E-state index is 11.4. The van der Waals surface area contributed by atoms with Gasteiger partial charge in [0.25, 0.3) is 0 Å². The Kier molecular flexibility index (Phi) is 6.31. The molecule has 8 nitrogen and oxygen atoms in total. The summed E-state index contributed by atoms with van der Waals surface area (Å²) < 4.78 is 7.27. The van der Waals surface area contributed by atoms with Gasteiger partial charge in [0.05, 0.1) is 13.7 Å². The number of rotatable bonds is 7. The van der Waals surface area contributed by atoms with Crippen molar-refractivity contribution in [3.63, 3.8) is 0 Å². The van der Waals surface area contributed by atoms with Crippen LogP contribution in [0.25, 0.3) is 0 Å². The van der Waals surface area contributed by atoms with Gasteiger partial charge >= 0.3 is 5.97 Å². The first-order chi connectivity index (χ1) is 13.4. The summed E-state index contributed by atoms with van der Waals surface area (Å²) in [4.78, 5) is 15.9. The fourth-order valence-electron chi connectivity index (χ4n) is 3.78. The fourth-order valence-corrected chi connectivity index (χ4v) is 3.78. The van der Waals surface area contributed by atoms with Crippen molar-refractivity contribution in [2.24, 2.45) is 7.05 Å². The molecule has 0 aliphatic carbocycles. The van der Waals surface area contributed by atoms with Crippen molar-refractivity contribution in [1.82, 2.24) is 24.6 Å². The van der Waals surface area contributed by atoms with Crippen molar-refractivity contribution in [3.8, 4) is 5.75 Å². The number of likely N-dealkylation sites (tertiary alicyclic amines) is 1. The topological polar surface area (TPSA) is 83.7 Å². The van der Waals surface area contributed by atoms with Gasteiger partial charge in [0.15, 0.2) is 0 Å². The third-order valence-corrected chi connectivity index (χ3v) is 5.31. The van der Waals surface area contributed by atoms with Crippen LogP contribution in [0, 0.1) is 0 Å². The number of aromatic carboxylic acids is 1. The number of hydrogen-bond donors (Lipinski definition) is 1. The van der Waals surface area contributed by atoms with Gasteiger partial charge in [-0.15, -0.1) is 10.2 Å². The van der Waals surface area contributed by atoms with Crippen molar-refractivity contribution < 1.29 is 14.6 Å². The van der Waals surface area contributed by atoms with E-state index < -0.39 is 5.97 Å². The summed E-state index contributed by atoms with van der Waals surface area (Å²) in [5.41, 5.74) is 1.20. The van der Waals surface area contributed by atoms with Crippen LogP contribution in [-0.2, 0) is 20.1 Å². The first kappa shape index (κ1) is 20.3. The number of methoxy groups -OCH3 is 1. The van der Waals surface area contributed by atoms with E-state index in [0.29, 0.717) is 11.7 Å². The van der Waals surface area contributed by atoms with E-state index in [-0.39, 0.29) is 5.56 Å². The molecule has 0 spiro atoms. The van der Waals surface area contributed by atoms with Crippen molar-refractivity contribution in [2.75, 3.05) is 34.3 Å². The van der Waals surface area contributed by atoms with Crippen LogP contribution in [0.15, 0.2) is 18.2 Å². The second kappa shape index (κ2) is 8.70. The van der Waals surface area contributed by atoms with Crippen LogP contribution in [0.2, 0.25) is 0 Å². The number of hydrogen-bond acceptors (Lipinski definition) is 6. The predicted molar refractivity (Wildman–Crippen MR) is 106 cm³/mol. The summed E-state index contributed by atoms with van der Waals surface area (Å²) in [6, 6.07) is 5.38. The molecular formula is C20H29N5O3. The molecule has 1 aliphatic heterocycles. The summed E-state index contributed by atoms with van der Waals surface area (Å²) in [7, 11) is 7.59. The number of carbonyl (C=O) groups is 1. The lowest BCUT2D eigenvalue weighted by atomic mass is 9.95. The van der Waals surface area contributed by atoms with E-state index >= 15 is 0 Å². The molecule has 1 aliphatic rings. The second-order valence-electron chi connectivity index (χ2n) is 7.66. The standard InChI is InChI=1S/C20H29N5O3/c1-23(2)13-18-21-22-19(24(18)3)15-7-9-25(10-8-15)12-14-5-6-17(28-4)16(11-14)20(26)27/h5-6,11,15H,7-10,12-13H2,1-4H3,(H,26,27). The zero-order valence-corrected chi connectivity index (χ0v) is 17.1. The van der Waals surface area contributed by atoms with Gasteiger partial charge in [0.1, 0.15) is 23.0 Å². The highest BCUT2D eigenvalue weighted by Crippen LogP contribution is 2.28. The molecule has 1 saturated heterocycles. The van der Waals surface area contributed by atoms with Crippen LogP contribution in [-0.4, -0.2) is 69.9 Å². The summed E-state index contributed by atoms with van der Waals surface area (Å²) in [5.74, 6) is 1.89. The highest BCUT2D eigenvalue weighted by Gasteiger charge is 2.25. The first-order valence-electron chi connectivity index (χ1n) is 9.54. The number of nitrogens with zero attached hydrogens (tertiary/aromatic N) is 5. The Morgan fingerprint density at radius 3 is 2.61 bits per heavy atom. The Balaban J connectivity index is 1.61. The van der Waals surface area contributed by atoms with Crippen LogP contribution < -0.4 is 4.74 Å². The summed E-state index contributed by atoms with van der Waals surface area (Å²) in [6.45, 7) is 3.43. The molecule has 0 bridgehead atoms. The number of carboxylic acid groups (broad SMARTS) is 1. The minimum atomic E-state index is -0.965. The molecule has 1 aromatic carbocycles. The summed E-state index contributed by atoms with van der Waals surface area (Å²) >= 11 is 0. The number of aromatic nitrogens is 3. The Labute approximate surface area is 165 Å². The third kappa shape index (κ3) is 4.51. The number of benzene rings is 1. The Morgan fingerprint density at radius 1 is 1.29 bits per heavy atom. The molecule has 1 N–H and O–H groups in total. The molecule has 152 valence electrons. The quantitative estimate of drug-likeness (QED) is 0.777. The van der Waals surface area contributed by atoms with Gasteiger partial charge in [-0.3, -0.25) is 4.90 Å². The summed E-state index contributed by atoms with van der Waals surface area (Å²) in [5, 5.41) is 18.1. The van der Waals surface area contributed by atoms with Gasteiger partial charge in [-0.25, -0.2) is 4.79 Å². The molecule has 0 unspecified atom stereocenters. The maximum atomic E-state index is 11.4. The highest BCUT2D eigenvalue weighted by atomic mass is 16.5. The van der Waals surface area contributed by atoms with Crippen molar-refractivity contribution >= 4 is 5.97 Å². The van der Waals surface area contributed by atoms with E-state index in [2.05, 4.69) is 24.6 Å². The highest BCUT2D eigenvalue weighted by molar-refractivity contribution is 5.91. The monoisotopic (exact) mass is 387 g/mol. The molecular weight excluding hydrogens is 358 g/mol. The third-order valence-electron chi connectivity index (χ3n) is 5.31. The molecule has 2 heterocycles. The van der Waals surface area contributed by atoms with Gasteiger partial charge in [-0.05, 0) is 57.7 Å². The average Bonchev–Trinajstić information content (AvgIpc) is 3.02. The predicted octanol–water partition coefficient (Wildman–Crippen LogP) is 1.96. The lowest BCUT2D eigenvalue weighted by molar-refractivity contribution is 0.0693. The minimum absolute atomic E-state index is 0.211. The molecule has 1 fully saturated rings. The normalized spacial score (nSPS) is 15.9. The smallest absolute Gasteiger partial charge is 0.339 e. The van der Waals surface area contributed by atoms with Crippen LogP contribution in [0.3, 0.4) is 0 Å². The Morgan fingerprint density at radius 2 is 2.00 bits per heavy atom. The molecule has 0 saturated carbocycles. The van der Waals surface area contributed by atoms with Gasteiger partial charge in [0.2, 0.25) is 0 Å². The Bertz CT molecular complexity index is 825. The SMILES string of the molecule is COc1ccc(CN2CCC(c3nnc(CN(C)C)n3C)CC2)cc1C(=O)O. The van der Waals surface area contributed by atoms with Gasteiger partial charge in [0, 0.05) is 19.5 Å². The molecule has 28 heavy (non-hydrogen) atoms. The molecule has 1 aromatic heterocycles. The van der Waals surface area contributed by atoms with Gasteiger partial charge < -0.3 is 19.3 Å². The van der Waals surface area contributed by atoms with E-state index in [1.165, 1.54) is 7.11 Å². The van der Waals surface area contributed by atoms with Crippen LogP contribution in [0.4, 0.5) is 0 Å². The second-order valence-corrected chi connectivity index (χ2v) is 7.66. The van der Waals surface area contributed by atoms with Crippen LogP contribution in [0.1, 0.15) is 46.3 Å². The number of carboxylic acids is 1. The Hall–Kier alpha value is -2.45. The first-order valence-corrected chi connectivity index (χ1v) is 9.54. The zero-order chi connectivity index (χ0) is 20.3. The minimum Gasteiger partial charge on any atom is -0.496 e. The van der Waals surface area contributed by atoms with Gasteiger partial charge in [-0.1, -0.05) is 6.07 Å². The number of ether oxygens (including phenoxy) is 1. The fraction of sp³-hybridized carbons (Fsp3) is 0.550. The van der Waals surface area contributed by atoms with Crippen molar-refractivity contribution in [3.05, 3.63) is 41.0 Å². The largest absolute Gasteiger partial charge is 0.496 e. The van der Waals surface area contributed by atoms with Crippen molar-refractivity contribution in [2.45, 2.75) is 31.8 Å². The molecule has 8 heteroatoms. The van der Waals surface area contributed by atoms with Crippen LogP contribution >= 0.6 is 0 Å². The van der Waals surface area contributed by atoms with Crippen molar-refractivity contribution in [1.29, 1.82) is 0 Å². The summed E-state index contributed by atoms with van der Waals surface area (Å²) in [6.07, 6.45) is 2.05. The van der Waals surface area contributed by atoms with E-state index in [4.69, 9.17) is 4.74 Å². The van der Waals surface area contributed by atoms with E-state index in [9.17, 15) is 9.90 Å². The van der Waals surface area contributed by atoms with Crippen LogP contribution in [0.5, 0.6) is 5.75 Å². The van der Waals surface area contributed by atoms with E-state index in [1.807, 2.05) is 27.2 Å². The lowest BCUT2D eigenvalue weighted by Crippen LogP contribution is -2.33. The molecule has 0 amide bonds. The lowest BCUT2D eigenvalue weighted by Gasteiger charge is -2.31. The molecule has 0 radical (unpaired) electrons. The van der Waals surface area contributed by atoms with E-state index in [1.54, 1.807) is 12.1 Å². The van der Waals surface area contributed by atoms with Gasteiger partial charge in [-0.2, -0.15) is 0 Å².